The van der Waals surface area contributed by atoms with E-state index in [2.05, 4.69) is 10.1 Å². The predicted octanol–water partition coefficient (Wildman–Crippen LogP) is 3.15. The van der Waals surface area contributed by atoms with Crippen LogP contribution in [0.2, 0.25) is 0 Å². The Morgan fingerprint density at radius 3 is 2.96 bits per heavy atom. The number of hydrogen-bond donors (Lipinski definition) is 0. The number of aryl methyl sites for hydroxylation is 3. The summed E-state index contributed by atoms with van der Waals surface area (Å²) in [7, 11) is 0. The summed E-state index contributed by atoms with van der Waals surface area (Å²) >= 11 is 0. The highest BCUT2D eigenvalue weighted by Crippen LogP contribution is 2.35. The molecule has 3 aromatic heterocycles. The monoisotopic (exact) mass is 338 g/mol. The Kier molecular flexibility index (Phi) is 3.82. The van der Waals surface area contributed by atoms with Gasteiger partial charge in [-0.2, -0.15) is 0 Å². The van der Waals surface area contributed by atoms with E-state index in [0.717, 1.165) is 53.3 Å². The van der Waals surface area contributed by atoms with Gasteiger partial charge in [-0.3, -0.25) is 4.79 Å². The number of pyridine rings is 1. The topological polar surface area (TPSA) is 63.6 Å². The van der Waals surface area contributed by atoms with E-state index in [1.807, 2.05) is 48.4 Å². The fourth-order valence-electron chi connectivity index (χ4n) is 3.92. The van der Waals surface area contributed by atoms with Gasteiger partial charge >= 0.3 is 0 Å². The minimum absolute atomic E-state index is 0.0691. The number of nitrogens with zero attached hydrogens (tertiary/aromatic N) is 4. The Labute approximate surface area is 146 Å². The fraction of sp³-hybridized carbons (Fsp3) is 0.421. The van der Waals surface area contributed by atoms with E-state index in [9.17, 15) is 4.79 Å². The molecule has 3 aromatic rings. The molecule has 1 amide bonds. The van der Waals surface area contributed by atoms with Crippen molar-refractivity contribution in [1.82, 2.24) is 19.4 Å². The smallest absolute Gasteiger partial charge is 0.229 e. The summed E-state index contributed by atoms with van der Waals surface area (Å²) in [4.78, 5) is 19.4. The molecular formula is C19H22N4O2. The molecule has 0 aromatic carbocycles. The predicted molar refractivity (Wildman–Crippen MR) is 93.3 cm³/mol. The van der Waals surface area contributed by atoms with E-state index >= 15 is 0 Å². The third kappa shape index (κ3) is 2.62. The van der Waals surface area contributed by atoms with E-state index in [1.54, 1.807) is 6.20 Å². The molecule has 6 heteroatoms. The van der Waals surface area contributed by atoms with Gasteiger partial charge in [-0.25, -0.2) is 4.98 Å². The molecular weight excluding hydrogens is 316 g/mol. The number of rotatable bonds is 3. The van der Waals surface area contributed by atoms with Crippen LogP contribution >= 0.6 is 0 Å². The Morgan fingerprint density at radius 1 is 1.36 bits per heavy atom. The highest BCUT2D eigenvalue weighted by atomic mass is 16.5. The van der Waals surface area contributed by atoms with Gasteiger partial charge in [-0.15, -0.1) is 0 Å². The third-order valence-corrected chi connectivity index (χ3v) is 5.13. The van der Waals surface area contributed by atoms with Crippen molar-refractivity contribution in [2.45, 2.75) is 46.1 Å². The molecule has 1 aliphatic heterocycles. The van der Waals surface area contributed by atoms with Gasteiger partial charge in [-0.1, -0.05) is 11.2 Å². The molecule has 0 radical (unpaired) electrons. The number of amides is 1. The number of carbonyl (C=O) groups excluding carboxylic acids is 1. The van der Waals surface area contributed by atoms with Crippen LogP contribution in [0.1, 0.15) is 47.2 Å². The highest BCUT2D eigenvalue weighted by molar-refractivity contribution is 5.79. The molecule has 4 rings (SSSR count). The Morgan fingerprint density at radius 2 is 2.20 bits per heavy atom. The first-order valence-corrected chi connectivity index (χ1v) is 8.70. The first-order chi connectivity index (χ1) is 12.1. The number of hydrogen-bond acceptors (Lipinski definition) is 4. The lowest BCUT2D eigenvalue weighted by atomic mass is 10.0. The van der Waals surface area contributed by atoms with Crippen LogP contribution in [-0.2, 0) is 11.2 Å². The summed E-state index contributed by atoms with van der Waals surface area (Å²) in [5.74, 6) is 0.943. The Balaban J connectivity index is 1.61. The van der Waals surface area contributed by atoms with Crippen LogP contribution in [0.5, 0.6) is 0 Å². The van der Waals surface area contributed by atoms with Gasteiger partial charge in [0.25, 0.3) is 0 Å². The van der Waals surface area contributed by atoms with Crippen molar-refractivity contribution < 1.29 is 9.32 Å². The van der Waals surface area contributed by atoms with Gasteiger partial charge < -0.3 is 13.8 Å². The lowest BCUT2D eigenvalue weighted by Gasteiger charge is -2.24. The molecule has 0 spiro atoms. The third-order valence-electron chi connectivity index (χ3n) is 5.13. The summed E-state index contributed by atoms with van der Waals surface area (Å²) in [6, 6.07) is 4.09. The normalized spacial score (nSPS) is 17.6. The fourth-order valence-corrected chi connectivity index (χ4v) is 3.92. The van der Waals surface area contributed by atoms with Gasteiger partial charge in [0.2, 0.25) is 5.91 Å². The van der Waals surface area contributed by atoms with Crippen molar-refractivity contribution in [3.63, 3.8) is 0 Å². The van der Waals surface area contributed by atoms with Gasteiger partial charge in [0, 0.05) is 24.5 Å². The van der Waals surface area contributed by atoms with Crippen LogP contribution in [0.3, 0.4) is 0 Å². The average molecular weight is 338 g/mol. The van der Waals surface area contributed by atoms with Crippen LogP contribution in [0, 0.1) is 20.8 Å². The Bertz CT molecular complexity index is 921. The summed E-state index contributed by atoms with van der Waals surface area (Å²) in [6.07, 6.45) is 6.09. The SMILES string of the molecule is Cc1noc(C)c1[C@H]1CCCN1C(=O)Cc1cnc2c(C)cccn12. The zero-order chi connectivity index (χ0) is 17.6. The van der Waals surface area contributed by atoms with Crippen molar-refractivity contribution in [2.75, 3.05) is 6.54 Å². The number of fused-ring (bicyclic) bond motifs is 1. The van der Waals surface area contributed by atoms with E-state index in [1.165, 1.54) is 0 Å². The van der Waals surface area contributed by atoms with Gasteiger partial charge in [0.05, 0.1) is 23.9 Å². The van der Waals surface area contributed by atoms with Gasteiger partial charge in [0.15, 0.2) is 0 Å². The molecule has 0 unspecified atom stereocenters. The quantitative estimate of drug-likeness (QED) is 0.736. The molecule has 25 heavy (non-hydrogen) atoms. The van der Waals surface area contributed by atoms with Gasteiger partial charge in [-0.05, 0) is 45.2 Å². The highest BCUT2D eigenvalue weighted by Gasteiger charge is 2.33. The minimum Gasteiger partial charge on any atom is -0.361 e. The largest absolute Gasteiger partial charge is 0.361 e. The second kappa shape index (κ2) is 6.02. The minimum atomic E-state index is 0.0691. The second-order valence-corrected chi connectivity index (χ2v) is 6.79. The summed E-state index contributed by atoms with van der Waals surface area (Å²) in [5, 5.41) is 4.05. The maximum absolute atomic E-state index is 13.0. The van der Waals surface area contributed by atoms with E-state index < -0.39 is 0 Å². The van der Waals surface area contributed by atoms with Crippen molar-refractivity contribution in [3.8, 4) is 0 Å². The summed E-state index contributed by atoms with van der Waals surface area (Å²) < 4.78 is 7.32. The number of imidazole rings is 1. The Hall–Kier alpha value is -2.63. The zero-order valence-corrected chi connectivity index (χ0v) is 14.8. The number of aromatic nitrogens is 3. The molecule has 0 N–H and O–H groups in total. The van der Waals surface area contributed by atoms with Crippen LogP contribution < -0.4 is 0 Å². The van der Waals surface area contributed by atoms with Crippen molar-refractivity contribution in [3.05, 3.63) is 52.8 Å². The molecule has 0 saturated carbocycles. The van der Waals surface area contributed by atoms with Crippen molar-refractivity contribution in [2.24, 2.45) is 0 Å². The first kappa shape index (κ1) is 15.9. The van der Waals surface area contributed by atoms with E-state index in [0.29, 0.717) is 6.42 Å². The summed E-state index contributed by atoms with van der Waals surface area (Å²) in [5.41, 5.74) is 4.89. The molecule has 0 bridgehead atoms. The standard InChI is InChI=1S/C19H22N4O2/c1-12-6-4-8-22-15(11-20-19(12)22)10-17(24)23-9-5-7-16(23)18-13(2)21-25-14(18)3/h4,6,8,11,16H,5,7,9-10H2,1-3H3/t16-/m1/s1. The number of carbonyl (C=O) groups is 1. The molecule has 6 nitrogen and oxygen atoms in total. The molecule has 4 heterocycles. The maximum Gasteiger partial charge on any atom is 0.229 e. The zero-order valence-electron chi connectivity index (χ0n) is 14.8. The second-order valence-electron chi connectivity index (χ2n) is 6.79. The van der Waals surface area contributed by atoms with Crippen molar-refractivity contribution >= 4 is 11.6 Å². The van der Waals surface area contributed by atoms with Crippen LogP contribution in [-0.4, -0.2) is 31.9 Å². The van der Waals surface area contributed by atoms with Crippen LogP contribution in [0.15, 0.2) is 29.0 Å². The molecule has 1 aliphatic rings. The average Bonchev–Trinajstić information content (AvgIpc) is 3.28. The van der Waals surface area contributed by atoms with E-state index in [-0.39, 0.29) is 11.9 Å². The van der Waals surface area contributed by atoms with Crippen molar-refractivity contribution in [1.29, 1.82) is 0 Å². The van der Waals surface area contributed by atoms with E-state index in [4.69, 9.17) is 4.52 Å². The lowest BCUT2D eigenvalue weighted by Crippen LogP contribution is -2.32. The molecule has 1 saturated heterocycles. The molecule has 130 valence electrons. The lowest BCUT2D eigenvalue weighted by molar-refractivity contribution is -0.131. The van der Waals surface area contributed by atoms with Crippen LogP contribution in [0.25, 0.3) is 5.65 Å². The van der Waals surface area contributed by atoms with Gasteiger partial charge in [0.1, 0.15) is 11.4 Å². The summed E-state index contributed by atoms with van der Waals surface area (Å²) in [6.45, 7) is 6.68. The maximum atomic E-state index is 13.0. The molecule has 1 fully saturated rings. The molecule has 1 atom stereocenters. The van der Waals surface area contributed by atoms with Crippen LogP contribution in [0.4, 0.5) is 0 Å². The number of likely N-dealkylation sites (tertiary alicyclic amines) is 1. The first-order valence-electron chi connectivity index (χ1n) is 8.70. The molecule has 0 aliphatic carbocycles.